The maximum absolute atomic E-state index is 11.8. The van der Waals surface area contributed by atoms with Crippen molar-refractivity contribution in [2.75, 3.05) is 6.61 Å². The minimum atomic E-state index is -4.35. The van der Waals surface area contributed by atoms with Crippen molar-refractivity contribution < 1.29 is 22.7 Å². The molecule has 0 heterocycles. The third-order valence-electron chi connectivity index (χ3n) is 1.66. The monoisotopic (exact) mass is 218 g/mol. The Balaban J connectivity index is 2.61. The van der Waals surface area contributed by atoms with Crippen LogP contribution in [-0.2, 0) is 0 Å². The summed E-state index contributed by atoms with van der Waals surface area (Å²) in [6, 6.07) is 5.52. The highest BCUT2D eigenvalue weighted by atomic mass is 19.4. The third kappa shape index (κ3) is 4.01. The van der Waals surface area contributed by atoms with Crippen LogP contribution in [0.15, 0.2) is 24.3 Å². The molecule has 1 rings (SSSR count). The molecule has 0 aliphatic heterocycles. The molecule has 82 valence electrons. The highest BCUT2D eigenvalue weighted by Crippen LogP contribution is 2.18. The summed E-state index contributed by atoms with van der Waals surface area (Å²) >= 11 is 0. The third-order valence-corrected chi connectivity index (χ3v) is 1.66. The van der Waals surface area contributed by atoms with Crippen molar-refractivity contribution in [2.45, 2.75) is 13.1 Å². The molecule has 1 aromatic carbocycles. The van der Waals surface area contributed by atoms with Gasteiger partial charge in [0.1, 0.15) is 5.75 Å². The first kappa shape index (κ1) is 11.6. The van der Waals surface area contributed by atoms with Gasteiger partial charge in [-0.3, -0.25) is 4.79 Å². The maximum Gasteiger partial charge on any atom is 0.422 e. The fourth-order valence-corrected chi connectivity index (χ4v) is 0.951. The van der Waals surface area contributed by atoms with E-state index in [0.29, 0.717) is 5.56 Å². The molecule has 0 radical (unpaired) electrons. The zero-order valence-corrected chi connectivity index (χ0v) is 7.97. The minimum absolute atomic E-state index is 0.0947. The van der Waals surface area contributed by atoms with Gasteiger partial charge in [0.2, 0.25) is 0 Å². The molecule has 0 aliphatic carbocycles. The van der Waals surface area contributed by atoms with Crippen molar-refractivity contribution in [2.24, 2.45) is 0 Å². The molecule has 5 heteroatoms. The van der Waals surface area contributed by atoms with E-state index in [2.05, 4.69) is 4.74 Å². The van der Waals surface area contributed by atoms with Gasteiger partial charge in [-0.2, -0.15) is 13.2 Å². The number of carbonyl (C=O) groups excluding carboxylic acids is 1. The summed E-state index contributed by atoms with van der Waals surface area (Å²) in [6.07, 6.45) is -4.35. The summed E-state index contributed by atoms with van der Waals surface area (Å²) in [4.78, 5) is 10.9. The molecule has 0 N–H and O–H groups in total. The molecule has 0 amide bonds. The van der Waals surface area contributed by atoms with Gasteiger partial charge in [0, 0.05) is 5.56 Å². The van der Waals surface area contributed by atoms with Gasteiger partial charge in [0.15, 0.2) is 12.4 Å². The summed E-state index contributed by atoms with van der Waals surface area (Å²) in [5, 5.41) is 0. The first-order valence-corrected chi connectivity index (χ1v) is 4.19. The standard InChI is InChI=1S/C10H9F3O2/c1-7(14)8-2-4-9(5-3-8)15-6-10(11,12)13/h2-5H,6H2,1H3. The van der Waals surface area contributed by atoms with E-state index >= 15 is 0 Å². The van der Waals surface area contributed by atoms with Crippen molar-refractivity contribution in [3.63, 3.8) is 0 Å². The quantitative estimate of drug-likeness (QED) is 0.729. The van der Waals surface area contributed by atoms with Gasteiger partial charge in [-0.25, -0.2) is 0 Å². The highest BCUT2D eigenvalue weighted by molar-refractivity contribution is 5.94. The van der Waals surface area contributed by atoms with Gasteiger partial charge in [-0.1, -0.05) is 0 Å². The van der Waals surface area contributed by atoms with Gasteiger partial charge < -0.3 is 4.74 Å². The predicted octanol–water partition coefficient (Wildman–Crippen LogP) is 2.83. The average molecular weight is 218 g/mol. The Morgan fingerprint density at radius 1 is 1.27 bits per heavy atom. The van der Waals surface area contributed by atoms with E-state index in [0.717, 1.165) is 0 Å². The minimum Gasteiger partial charge on any atom is -0.484 e. The molecule has 2 nitrogen and oxygen atoms in total. The highest BCUT2D eigenvalue weighted by Gasteiger charge is 2.28. The van der Waals surface area contributed by atoms with Crippen molar-refractivity contribution >= 4 is 5.78 Å². The number of alkyl halides is 3. The molecule has 0 saturated heterocycles. The van der Waals surface area contributed by atoms with Crippen LogP contribution in [0.2, 0.25) is 0 Å². The Labute approximate surface area is 84.7 Å². The lowest BCUT2D eigenvalue weighted by molar-refractivity contribution is -0.153. The first-order valence-electron chi connectivity index (χ1n) is 4.19. The number of halogens is 3. The van der Waals surface area contributed by atoms with E-state index in [-0.39, 0.29) is 11.5 Å². The second-order valence-corrected chi connectivity index (χ2v) is 2.98. The SMILES string of the molecule is CC(=O)c1ccc(OCC(F)(F)F)cc1. The fraction of sp³-hybridized carbons (Fsp3) is 0.300. The first-order chi connectivity index (χ1) is 6.88. The average Bonchev–Trinajstić information content (AvgIpc) is 2.14. The number of Topliss-reactive ketones (excluding diaryl/α,β-unsaturated/α-hetero) is 1. The number of hydrogen-bond donors (Lipinski definition) is 0. The lowest BCUT2D eigenvalue weighted by Gasteiger charge is -2.08. The van der Waals surface area contributed by atoms with Crippen LogP contribution in [0.3, 0.4) is 0 Å². The van der Waals surface area contributed by atoms with Crippen molar-refractivity contribution in [3.8, 4) is 5.75 Å². The Hall–Kier alpha value is -1.52. The van der Waals surface area contributed by atoms with Crippen LogP contribution in [0.5, 0.6) is 5.75 Å². The molecule has 0 fully saturated rings. The second-order valence-electron chi connectivity index (χ2n) is 2.98. The molecular weight excluding hydrogens is 209 g/mol. The molecule has 1 aromatic rings. The Bertz CT molecular complexity index is 341. The summed E-state index contributed by atoms with van der Waals surface area (Å²) in [5.74, 6) is -0.0466. The van der Waals surface area contributed by atoms with Crippen LogP contribution in [0.4, 0.5) is 13.2 Å². The van der Waals surface area contributed by atoms with E-state index < -0.39 is 12.8 Å². The van der Waals surface area contributed by atoms with Gasteiger partial charge in [-0.15, -0.1) is 0 Å². The largest absolute Gasteiger partial charge is 0.484 e. The zero-order valence-electron chi connectivity index (χ0n) is 7.97. The summed E-state index contributed by atoms with van der Waals surface area (Å²) in [7, 11) is 0. The number of benzene rings is 1. The Morgan fingerprint density at radius 2 is 1.80 bits per heavy atom. The predicted molar refractivity (Wildman–Crippen MR) is 48.0 cm³/mol. The normalized spacial score (nSPS) is 11.2. The smallest absolute Gasteiger partial charge is 0.422 e. The van der Waals surface area contributed by atoms with E-state index in [1.807, 2.05) is 0 Å². The van der Waals surface area contributed by atoms with E-state index in [1.54, 1.807) is 0 Å². The van der Waals surface area contributed by atoms with Crippen LogP contribution in [0.1, 0.15) is 17.3 Å². The van der Waals surface area contributed by atoms with Crippen LogP contribution >= 0.6 is 0 Å². The number of ketones is 1. The fourth-order valence-electron chi connectivity index (χ4n) is 0.951. The van der Waals surface area contributed by atoms with Crippen LogP contribution in [-0.4, -0.2) is 18.6 Å². The topological polar surface area (TPSA) is 26.3 Å². The lowest BCUT2D eigenvalue weighted by Crippen LogP contribution is -2.19. The summed E-state index contributed by atoms with van der Waals surface area (Å²) in [6.45, 7) is 0.0536. The number of ether oxygens (including phenoxy) is 1. The summed E-state index contributed by atoms with van der Waals surface area (Å²) in [5.41, 5.74) is 0.439. The zero-order chi connectivity index (χ0) is 11.5. The van der Waals surface area contributed by atoms with Gasteiger partial charge in [-0.05, 0) is 31.2 Å². The maximum atomic E-state index is 11.8. The van der Waals surface area contributed by atoms with Crippen molar-refractivity contribution in [1.29, 1.82) is 0 Å². The number of carbonyl (C=O) groups is 1. The molecule has 0 aliphatic rings. The molecule has 0 atom stereocenters. The summed E-state index contributed by atoms with van der Waals surface area (Å²) < 4.78 is 39.8. The molecule has 0 spiro atoms. The second kappa shape index (κ2) is 4.33. The molecule has 0 saturated carbocycles. The number of rotatable bonds is 3. The van der Waals surface area contributed by atoms with Crippen LogP contribution in [0, 0.1) is 0 Å². The molecule has 0 bridgehead atoms. The van der Waals surface area contributed by atoms with Crippen LogP contribution < -0.4 is 4.74 Å². The van der Waals surface area contributed by atoms with Crippen molar-refractivity contribution in [3.05, 3.63) is 29.8 Å². The molecule has 15 heavy (non-hydrogen) atoms. The van der Waals surface area contributed by atoms with E-state index in [9.17, 15) is 18.0 Å². The van der Waals surface area contributed by atoms with Crippen molar-refractivity contribution in [1.82, 2.24) is 0 Å². The van der Waals surface area contributed by atoms with E-state index in [1.165, 1.54) is 31.2 Å². The molecular formula is C10H9F3O2. The Morgan fingerprint density at radius 3 is 2.20 bits per heavy atom. The number of hydrogen-bond acceptors (Lipinski definition) is 2. The van der Waals surface area contributed by atoms with Gasteiger partial charge in [0.25, 0.3) is 0 Å². The van der Waals surface area contributed by atoms with Gasteiger partial charge in [0.05, 0.1) is 0 Å². The molecule has 0 aromatic heterocycles. The van der Waals surface area contributed by atoms with Crippen LogP contribution in [0.25, 0.3) is 0 Å². The Kier molecular flexibility index (Phi) is 3.34. The van der Waals surface area contributed by atoms with E-state index in [4.69, 9.17) is 0 Å². The lowest BCUT2D eigenvalue weighted by atomic mass is 10.1. The van der Waals surface area contributed by atoms with Gasteiger partial charge >= 0.3 is 6.18 Å². The molecule has 0 unspecified atom stereocenters.